The number of carboxylic acid groups (broad SMARTS) is 2. The predicted octanol–water partition coefficient (Wildman–Crippen LogP) is 2.63. The summed E-state index contributed by atoms with van der Waals surface area (Å²) < 4.78 is 0. The third-order valence-electron chi connectivity index (χ3n) is 3.24. The molecule has 0 saturated heterocycles. The van der Waals surface area contributed by atoms with Crippen molar-refractivity contribution in [1.29, 1.82) is 0 Å². The summed E-state index contributed by atoms with van der Waals surface area (Å²) in [7, 11) is 0. The molecule has 0 saturated carbocycles. The summed E-state index contributed by atoms with van der Waals surface area (Å²) in [6.45, 7) is 20.2. The van der Waals surface area contributed by atoms with Crippen LogP contribution in [0.25, 0.3) is 0 Å². The average molecular weight is 320 g/mol. The fourth-order valence-electron chi connectivity index (χ4n) is 1.56. The molecule has 0 amide bonds. The maximum atomic E-state index is 9.64. The average Bonchev–Trinajstić information content (AvgIpc) is 2.50. The molecule has 0 aromatic carbocycles. The summed E-state index contributed by atoms with van der Waals surface area (Å²) in [5, 5.41) is 15.8. The molecule has 6 heteroatoms. The minimum Gasteiger partial charge on any atom is -0.481 e. The molecule has 6 nitrogen and oxygen atoms in total. The zero-order valence-corrected chi connectivity index (χ0v) is 15.3. The Balaban J connectivity index is -0.000000247. The van der Waals surface area contributed by atoms with E-state index in [1.807, 2.05) is 0 Å². The number of aliphatic carboxylic acids is 2. The lowest BCUT2D eigenvalue weighted by molar-refractivity contribution is -0.143. The lowest BCUT2D eigenvalue weighted by atomic mass is 10.3. The Kier molecular flexibility index (Phi) is 23.3. The van der Waals surface area contributed by atoms with Crippen molar-refractivity contribution in [1.82, 2.24) is 9.80 Å². The van der Waals surface area contributed by atoms with Gasteiger partial charge >= 0.3 is 11.9 Å². The number of carbonyl (C=O) groups is 2. The molecule has 0 spiro atoms. The van der Waals surface area contributed by atoms with Gasteiger partial charge in [0, 0.05) is 0 Å². The number of rotatable bonds is 9. The van der Waals surface area contributed by atoms with Crippen molar-refractivity contribution in [3.05, 3.63) is 0 Å². The summed E-state index contributed by atoms with van der Waals surface area (Å²) in [6, 6.07) is 0. The van der Waals surface area contributed by atoms with Crippen LogP contribution in [0.2, 0.25) is 0 Å². The molecule has 22 heavy (non-hydrogen) atoms. The molecule has 0 atom stereocenters. The minimum absolute atomic E-state index is 0.296. The third-order valence-corrected chi connectivity index (χ3v) is 3.24. The SMILES string of the molecule is CCN(CC)CC.CCN(CC)CC.O=C(O)CCC(=O)O. The Morgan fingerprint density at radius 1 is 0.591 bits per heavy atom. The molecule has 0 radical (unpaired) electrons. The standard InChI is InChI=1S/2C6H15N.C4H6O4/c2*1-4-7(5-2)6-3;5-3(6)1-2-4(7)8/h2*4-6H2,1-3H3;1-2H2,(H,5,6)(H,7,8). The fraction of sp³-hybridized carbons (Fsp3) is 0.875. The molecular weight excluding hydrogens is 284 g/mol. The maximum Gasteiger partial charge on any atom is 0.303 e. The predicted molar refractivity (Wildman–Crippen MR) is 91.4 cm³/mol. The second kappa shape index (κ2) is 19.9. The Morgan fingerprint density at radius 3 is 0.818 bits per heavy atom. The highest BCUT2D eigenvalue weighted by molar-refractivity contribution is 5.75. The van der Waals surface area contributed by atoms with Crippen LogP contribution in [0.15, 0.2) is 0 Å². The molecule has 0 aromatic heterocycles. The van der Waals surface area contributed by atoms with Crippen molar-refractivity contribution < 1.29 is 19.8 Å². The first-order valence-electron chi connectivity index (χ1n) is 8.20. The third kappa shape index (κ3) is 23.9. The van der Waals surface area contributed by atoms with Crippen molar-refractivity contribution in [2.75, 3.05) is 39.3 Å². The zero-order chi connectivity index (χ0) is 18.0. The van der Waals surface area contributed by atoms with Crippen LogP contribution in [-0.2, 0) is 9.59 Å². The van der Waals surface area contributed by atoms with Gasteiger partial charge in [-0.25, -0.2) is 0 Å². The smallest absolute Gasteiger partial charge is 0.303 e. The van der Waals surface area contributed by atoms with E-state index in [4.69, 9.17) is 10.2 Å². The Hall–Kier alpha value is -1.14. The van der Waals surface area contributed by atoms with E-state index < -0.39 is 11.9 Å². The topological polar surface area (TPSA) is 81.1 Å². The first-order chi connectivity index (χ1) is 10.3. The first-order valence-corrected chi connectivity index (χ1v) is 8.20. The number of nitrogens with zero attached hydrogens (tertiary/aromatic N) is 2. The van der Waals surface area contributed by atoms with E-state index in [-0.39, 0.29) is 12.8 Å². The lowest BCUT2D eigenvalue weighted by Crippen LogP contribution is -2.21. The van der Waals surface area contributed by atoms with Crippen LogP contribution in [0.4, 0.5) is 0 Å². The van der Waals surface area contributed by atoms with Crippen molar-refractivity contribution in [2.45, 2.75) is 54.4 Å². The highest BCUT2D eigenvalue weighted by Gasteiger charge is 2.00. The normalized spacial score (nSPS) is 9.64. The highest BCUT2D eigenvalue weighted by Crippen LogP contribution is 1.86. The molecule has 0 rings (SSSR count). The van der Waals surface area contributed by atoms with Gasteiger partial charge in [0.05, 0.1) is 12.8 Å². The summed E-state index contributed by atoms with van der Waals surface area (Å²) in [5.74, 6) is -2.15. The van der Waals surface area contributed by atoms with Crippen molar-refractivity contribution in [3.8, 4) is 0 Å². The van der Waals surface area contributed by atoms with Gasteiger partial charge in [-0.3, -0.25) is 9.59 Å². The van der Waals surface area contributed by atoms with Gasteiger partial charge < -0.3 is 20.0 Å². The summed E-state index contributed by atoms with van der Waals surface area (Å²) in [6.07, 6.45) is -0.593. The van der Waals surface area contributed by atoms with E-state index in [9.17, 15) is 9.59 Å². The molecule has 2 N–H and O–H groups in total. The van der Waals surface area contributed by atoms with E-state index in [2.05, 4.69) is 51.3 Å². The van der Waals surface area contributed by atoms with Crippen LogP contribution in [0.5, 0.6) is 0 Å². The van der Waals surface area contributed by atoms with Crippen LogP contribution in [0.3, 0.4) is 0 Å². The fourth-order valence-corrected chi connectivity index (χ4v) is 1.56. The largest absolute Gasteiger partial charge is 0.481 e. The van der Waals surface area contributed by atoms with Crippen molar-refractivity contribution in [3.63, 3.8) is 0 Å². The van der Waals surface area contributed by atoms with Crippen molar-refractivity contribution in [2.24, 2.45) is 0 Å². The van der Waals surface area contributed by atoms with E-state index >= 15 is 0 Å². The van der Waals surface area contributed by atoms with Crippen molar-refractivity contribution >= 4 is 11.9 Å². The lowest BCUT2D eigenvalue weighted by Gasteiger charge is -2.13. The van der Waals surface area contributed by atoms with Crippen LogP contribution in [0, 0.1) is 0 Å². The van der Waals surface area contributed by atoms with E-state index in [1.165, 1.54) is 39.3 Å². The Morgan fingerprint density at radius 2 is 0.773 bits per heavy atom. The molecule has 134 valence electrons. The summed E-state index contributed by atoms with van der Waals surface area (Å²) in [4.78, 5) is 24.0. The van der Waals surface area contributed by atoms with Crippen LogP contribution in [0.1, 0.15) is 54.4 Å². The highest BCUT2D eigenvalue weighted by atomic mass is 16.4. The van der Waals surface area contributed by atoms with Gasteiger partial charge in [-0.05, 0) is 39.3 Å². The second-order valence-electron chi connectivity index (χ2n) is 4.53. The molecule has 0 aliphatic heterocycles. The van der Waals surface area contributed by atoms with E-state index in [1.54, 1.807) is 0 Å². The molecule has 0 aliphatic rings. The maximum absolute atomic E-state index is 9.64. The molecule has 0 aliphatic carbocycles. The van der Waals surface area contributed by atoms with Crippen LogP contribution in [-0.4, -0.2) is 71.2 Å². The van der Waals surface area contributed by atoms with Gasteiger partial charge in [-0.1, -0.05) is 41.5 Å². The quantitative estimate of drug-likeness (QED) is 0.680. The second-order valence-corrected chi connectivity index (χ2v) is 4.53. The van der Waals surface area contributed by atoms with Crippen LogP contribution < -0.4 is 0 Å². The van der Waals surface area contributed by atoms with Gasteiger partial charge in [0.2, 0.25) is 0 Å². The molecule has 0 aromatic rings. The summed E-state index contributed by atoms with van der Waals surface area (Å²) in [5.41, 5.74) is 0. The molecule has 0 heterocycles. The number of hydrogen-bond acceptors (Lipinski definition) is 4. The van der Waals surface area contributed by atoms with Gasteiger partial charge in [-0.15, -0.1) is 0 Å². The van der Waals surface area contributed by atoms with Gasteiger partial charge in [-0.2, -0.15) is 0 Å². The number of hydrogen-bond donors (Lipinski definition) is 2. The van der Waals surface area contributed by atoms with Gasteiger partial charge in [0.1, 0.15) is 0 Å². The molecule has 0 fully saturated rings. The zero-order valence-electron chi connectivity index (χ0n) is 15.3. The van der Waals surface area contributed by atoms with E-state index in [0.717, 1.165) is 0 Å². The first kappa shape index (κ1) is 25.8. The summed E-state index contributed by atoms with van der Waals surface area (Å²) >= 11 is 0. The minimum atomic E-state index is -1.08. The number of carboxylic acids is 2. The van der Waals surface area contributed by atoms with Gasteiger partial charge in [0.25, 0.3) is 0 Å². The Bertz CT molecular complexity index is 216. The van der Waals surface area contributed by atoms with E-state index in [0.29, 0.717) is 0 Å². The van der Waals surface area contributed by atoms with Crippen LogP contribution >= 0.6 is 0 Å². The van der Waals surface area contributed by atoms with Gasteiger partial charge in [0.15, 0.2) is 0 Å². The molecule has 0 unspecified atom stereocenters. The Labute approximate surface area is 136 Å². The molecular formula is C16H36N2O4. The monoisotopic (exact) mass is 320 g/mol. The molecule has 0 bridgehead atoms.